The molecular formula is C9H7Cl2N5O. The van der Waals surface area contributed by atoms with Gasteiger partial charge < -0.3 is 0 Å². The quantitative estimate of drug-likeness (QED) is 0.845. The topological polar surface area (TPSA) is 72.7 Å². The van der Waals surface area contributed by atoms with E-state index >= 15 is 0 Å². The van der Waals surface area contributed by atoms with E-state index in [4.69, 9.17) is 23.2 Å². The van der Waals surface area contributed by atoms with Crippen LogP contribution in [0.3, 0.4) is 0 Å². The summed E-state index contributed by atoms with van der Waals surface area (Å²) < 4.78 is 1.43. The van der Waals surface area contributed by atoms with E-state index in [0.29, 0.717) is 5.95 Å². The largest absolute Gasteiger partial charge is 0.291 e. The van der Waals surface area contributed by atoms with Crippen molar-refractivity contribution in [1.82, 2.24) is 19.7 Å². The summed E-state index contributed by atoms with van der Waals surface area (Å²) in [5.41, 5.74) is 0.221. The molecule has 0 spiro atoms. The fourth-order valence-electron chi connectivity index (χ4n) is 1.16. The van der Waals surface area contributed by atoms with Crippen LogP contribution in [0.1, 0.15) is 10.4 Å². The third kappa shape index (κ3) is 2.54. The van der Waals surface area contributed by atoms with Gasteiger partial charge in [0.1, 0.15) is 16.6 Å². The summed E-state index contributed by atoms with van der Waals surface area (Å²) in [4.78, 5) is 19.5. The standard InChI is InChI=1S/C9H7Cl2N5O/c1-16-9(12-4-13-16)15-8(17)5-2-3-6(10)14-7(5)11/h2-4H,1H3,(H,12,13,15,17). The van der Waals surface area contributed by atoms with Crippen LogP contribution in [0.2, 0.25) is 10.3 Å². The number of pyridine rings is 1. The van der Waals surface area contributed by atoms with Crippen LogP contribution in [0.5, 0.6) is 0 Å². The van der Waals surface area contributed by atoms with Crippen molar-refractivity contribution in [2.45, 2.75) is 0 Å². The summed E-state index contributed by atoms with van der Waals surface area (Å²) >= 11 is 11.4. The molecule has 0 fully saturated rings. The van der Waals surface area contributed by atoms with Gasteiger partial charge in [-0.05, 0) is 12.1 Å². The summed E-state index contributed by atoms with van der Waals surface area (Å²) in [6, 6.07) is 2.97. The second-order valence-corrected chi connectivity index (χ2v) is 3.88. The van der Waals surface area contributed by atoms with Crippen LogP contribution >= 0.6 is 23.2 Å². The zero-order valence-electron chi connectivity index (χ0n) is 8.69. The smallest absolute Gasteiger partial charge is 0.261 e. The van der Waals surface area contributed by atoms with Crippen molar-refractivity contribution in [3.8, 4) is 0 Å². The number of hydrogen-bond acceptors (Lipinski definition) is 4. The van der Waals surface area contributed by atoms with Gasteiger partial charge in [-0.1, -0.05) is 23.2 Å². The molecule has 0 atom stereocenters. The van der Waals surface area contributed by atoms with Crippen molar-refractivity contribution in [2.75, 3.05) is 5.32 Å². The molecule has 8 heteroatoms. The molecule has 17 heavy (non-hydrogen) atoms. The molecule has 0 aromatic carbocycles. The lowest BCUT2D eigenvalue weighted by Gasteiger charge is -2.05. The Hall–Kier alpha value is -1.66. The second kappa shape index (κ2) is 4.68. The number of nitrogens with one attached hydrogen (secondary N) is 1. The molecule has 0 radical (unpaired) electrons. The first-order valence-electron chi connectivity index (χ1n) is 4.55. The number of nitrogens with zero attached hydrogens (tertiary/aromatic N) is 4. The van der Waals surface area contributed by atoms with Gasteiger partial charge in [0.25, 0.3) is 5.91 Å². The summed E-state index contributed by atoms with van der Waals surface area (Å²) in [6.45, 7) is 0. The minimum Gasteiger partial charge on any atom is -0.291 e. The van der Waals surface area contributed by atoms with Gasteiger partial charge in [-0.25, -0.2) is 9.67 Å². The molecule has 2 rings (SSSR count). The van der Waals surface area contributed by atoms with Gasteiger partial charge in [0.05, 0.1) is 5.56 Å². The fourth-order valence-corrected chi connectivity index (χ4v) is 1.59. The predicted octanol–water partition coefficient (Wildman–Crippen LogP) is 1.77. The molecule has 6 nitrogen and oxygen atoms in total. The maximum atomic E-state index is 11.8. The molecule has 2 heterocycles. The van der Waals surface area contributed by atoms with E-state index in [-0.39, 0.29) is 15.9 Å². The number of carbonyl (C=O) groups is 1. The van der Waals surface area contributed by atoms with Gasteiger partial charge in [0, 0.05) is 7.05 Å². The van der Waals surface area contributed by atoms with Gasteiger partial charge in [-0.2, -0.15) is 10.1 Å². The first-order chi connectivity index (χ1) is 8.08. The Labute approximate surface area is 107 Å². The first-order valence-corrected chi connectivity index (χ1v) is 5.31. The van der Waals surface area contributed by atoms with Crippen molar-refractivity contribution in [2.24, 2.45) is 7.05 Å². The zero-order chi connectivity index (χ0) is 12.4. The van der Waals surface area contributed by atoms with Crippen LogP contribution in [-0.4, -0.2) is 25.7 Å². The van der Waals surface area contributed by atoms with E-state index in [2.05, 4.69) is 20.4 Å². The number of rotatable bonds is 2. The van der Waals surface area contributed by atoms with Gasteiger partial charge >= 0.3 is 0 Å². The number of halogens is 2. The molecule has 1 N–H and O–H groups in total. The fraction of sp³-hybridized carbons (Fsp3) is 0.111. The molecule has 1 amide bonds. The lowest BCUT2D eigenvalue weighted by atomic mass is 10.3. The molecule has 0 unspecified atom stereocenters. The number of aryl methyl sites for hydroxylation is 1. The Morgan fingerprint density at radius 1 is 1.41 bits per heavy atom. The maximum Gasteiger partial charge on any atom is 0.261 e. The van der Waals surface area contributed by atoms with Crippen molar-refractivity contribution in [1.29, 1.82) is 0 Å². The lowest BCUT2D eigenvalue weighted by molar-refractivity contribution is 0.102. The Morgan fingerprint density at radius 3 is 2.76 bits per heavy atom. The summed E-state index contributed by atoms with van der Waals surface area (Å²) in [5, 5.41) is 6.64. The molecule has 0 bridgehead atoms. The zero-order valence-corrected chi connectivity index (χ0v) is 10.2. The van der Waals surface area contributed by atoms with Crippen LogP contribution in [0, 0.1) is 0 Å². The highest BCUT2D eigenvalue weighted by molar-refractivity contribution is 6.35. The van der Waals surface area contributed by atoms with E-state index in [9.17, 15) is 4.79 Å². The molecule has 0 saturated heterocycles. The number of aromatic nitrogens is 4. The molecule has 2 aromatic heterocycles. The van der Waals surface area contributed by atoms with E-state index < -0.39 is 5.91 Å². The molecule has 0 aliphatic carbocycles. The van der Waals surface area contributed by atoms with E-state index in [1.807, 2.05) is 0 Å². The number of amides is 1. The maximum absolute atomic E-state index is 11.8. The van der Waals surface area contributed by atoms with Crippen LogP contribution in [0.15, 0.2) is 18.5 Å². The van der Waals surface area contributed by atoms with E-state index in [1.165, 1.54) is 23.1 Å². The number of anilines is 1. The highest BCUT2D eigenvalue weighted by Gasteiger charge is 2.14. The average molecular weight is 272 g/mol. The van der Waals surface area contributed by atoms with Crippen molar-refractivity contribution in [3.63, 3.8) is 0 Å². The summed E-state index contributed by atoms with van der Waals surface area (Å²) in [7, 11) is 1.66. The van der Waals surface area contributed by atoms with Gasteiger partial charge in [0.2, 0.25) is 5.95 Å². The van der Waals surface area contributed by atoms with Gasteiger partial charge in [0.15, 0.2) is 0 Å². The summed E-state index contributed by atoms with van der Waals surface area (Å²) in [5.74, 6) is -0.101. The normalized spacial score (nSPS) is 10.3. The molecule has 0 aliphatic heterocycles. The summed E-state index contributed by atoms with van der Waals surface area (Å²) in [6.07, 6.45) is 1.33. The third-order valence-corrected chi connectivity index (χ3v) is 2.49. The van der Waals surface area contributed by atoms with Crippen LogP contribution in [0.4, 0.5) is 5.95 Å². The van der Waals surface area contributed by atoms with Gasteiger partial charge in [-0.15, -0.1) is 0 Å². The predicted molar refractivity (Wildman–Crippen MR) is 63.2 cm³/mol. The molecule has 0 saturated carbocycles. The van der Waals surface area contributed by atoms with E-state index in [1.54, 1.807) is 7.05 Å². The Morgan fingerprint density at radius 2 is 2.18 bits per heavy atom. The van der Waals surface area contributed by atoms with Crippen molar-refractivity contribution >= 4 is 35.1 Å². The van der Waals surface area contributed by atoms with Crippen molar-refractivity contribution < 1.29 is 4.79 Å². The van der Waals surface area contributed by atoms with Gasteiger partial charge in [-0.3, -0.25) is 10.1 Å². The van der Waals surface area contributed by atoms with Crippen molar-refractivity contribution in [3.05, 3.63) is 34.3 Å². The molecule has 2 aromatic rings. The average Bonchev–Trinajstić information content (AvgIpc) is 2.64. The Bertz CT molecular complexity index is 568. The van der Waals surface area contributed by atoms with Crippen LogP contribution in [0.25, 0.3) is 0 Å². The molecule has 0 aliphatic rings. The lowest BCUT2D eigenvalue weighted by Crippen LogP contribution is -2.16. The van der Waals surface area contributed by atoms with Crippen LogP contribution < -0.4 is 5.32 Å². The molecule has 88 valence electrons. The highest BCUT2D eigenvalue weighted by atomic mass is 35.5. The van der Waals surface area contributed by atoms with Crippen LogP contribution in [-0.2, 0) is 7.05 Å². The Balaban J connectivity index is 2.23. The number of hydrogen-bond donors (Lipinski definition) is 1. The monoisotopic (exact) mass is 271 g/mol. The first kappa shape index (κ1) is 11.8. The van der Waals surface area contributed by atoms with E-state index in [0.717, 1.165) is 0 Å². The number of carbonyl (C=O) groups excluding carboxylic acids is 1. The SMILES string of the molecule is Cn1ncnc1NC(=O)c1ccc(Cl)nc1Cl. The minimum atomic E-state index is -0.421. The minimum absolute atomic E-state index is 0.0390. The molecular weight excluding hydrogens is 265 g/mol. The Kier molecular flexibility index (Phi) is 3.26. The highest BCUT2D eigenvalue weighted by Crippen LogP contribution is 2.17. The second-order valence-electron chi connectivity index (χ2n) is 3.13. The third-order valence-electron chi connectivity index (χ3n) is 2.00.